The van der Waals surface area contributed by atoms with E-state index in [-0.39, 0.29) is 11.5 Å². The number of benzene rings is 2. The molecule has 0 aliphatic heterocycles. The molecule has 3 nitrogen and oxygen atoms in total. The van der Waals surface area contributed by atoms with Crippen molar-refractivity contribution in [1.29, 1.82) is 0 Å². The summed E-state index contributed by atoms with van der Waals surface area (Å²) in [7, 11) is 0. The van der Waals surface area contributed by atoms with Gasteiger partial charge in [0.1, 0.15) is 5.75 Å². The van der Waals surface area contributed by atoms with Crippen LogP contribution in [0.1, 0.15) is 15.9 Å². The quantitative estimate of drug-likeness (QED) is 0.469. The van der Waals surface area contributed by atoms with Crippen LogP contribution >= 0.6 is 0 Å². The number of hydrogen-bond donors (Lipinski definition) is 0. The van der Waals surface area contributed by atoms with Crippen molar-refractivity contribution in [3.63, 3.8) is 0 Å². The number of carbonyl (C=O) groups excluding carboxylic acids is 1. The van der Waals surface area contributed by atoms with E-state index in [1.807, 2.05) is 41.2 Å². The summed E-state index contributed by atoms with van der Waals surface area (Å²) in [6, 6.07) is 17.2. The zero-order valence-corrected chi connectivity index (χ0v) is 13.2. The number of hydrogen-bond acceptors (Lipinski definition) is 2. The Balaban J connectivity index is 1.66. The van der Waals surface area contributed by atoms with Gasteiger partial charge in [0, 0.05) is 23.6 Å². The van der Waals surface area contributed by atoms with Crippen molar-refractivity contribution in [3.8, 4) is 11.4 Å². The molecule has 5 heteroatoms. The predicted molar refractivity (Wildman–Crippen MR) is 92.2 cm³/mol. The third-order valence-electron chi connectivity index (χ3n) is 3.59. The number of ketones is 1. The maximum absolute atomic E-state index is 12.2. The van der Waals surface area contributed by atoms with Gasteiger partial charge in [0.05, 0.1) is 0 Å². The minimum Gasteiger partial charge on any atom is -0.435 e. The normalized spacial score (nSPS) is 11.2. The highest BCUT2D eigenvalue weighted by molar-refractivity contribution is 6.06. The van der Waals surface area contributed by atoms with Gasteiger partial charge in [-0.05, 0) is 60.2 Å². The zero-order chi connectivity index (χ0) is 17.6. The van der Waals surface area contributed by atoms with Crippen molar-refractivity contribution in [2.75, 3.05) is 0 Å². The Bertz CT molecular complexity index is 852. The Hall–Kier alpha value is -3.21. The van der Waals surface area contributed by atoms with E-state index in [1.165, 1.54) is 18.2 Å². The summed E-state index contributed by atoms with van der Waals surface area (Å²) in [5, 5.41) is 0. The van der Waals surface area contributed by atoms with Gasteiger partial charge in [0.25, 0.3) is 0 Å². The van der Waals surface area contributed by atoms with Crippen LogP contribution in [0.4, 0.5) is 8.78 Å². The van der Waals surface area contributed by atoms with Gasteiger partial charge in [-0.2, -0.15) is 8.78 Å². The van der Waals surface area contributed by atoms with Gasteiger partial charge < -0.3 is 9.30 Å². The van der Waals surface area contributed by atoms with Crippen LogP contribution in [0.25, 0.3) is 11.8 Å². The first kappa shape index (κ1) is 16.6. The first-order valence-electron chi connectivity index (χ1n) is 7.62. The number of allylic oxidation sites excluding steroid dienone is 1. The van der Waals surface area contributed by atoms with Crippen molar-refractivity contribution < 1.29 is 18.3 Å². The molecule has 0 fully saturated rings. The van der Waals surface area contributed by atoms with Crippen LogP contribution in [0.3, 0.4) is 0 Å². The molecule has 0 amide bonds. The second-order valence-corrected chi connectivity index (χ2v) is 5.28. The van der Waals surface area contributed by atoms with E-state index in [9.17, 15) is 13.6 Å². The predicted octanol–water partition coefficient (Wildman–Crippen LogP) is 4.97. The Morgan fingerprint density at radius 3 is 2.20 bits per heavy atom. The fourth-order valence-corrected chi connectivity index (χ4v) is 2.33. The molecule has 3 rings (SSSR count). The SMILES string of the molecule is O=C(/C=C/c1ccc(OC(F)F)cc1)c1ccc(-n2cccc2)cc1. The molecule has 1 aromatic heterocycles. The lowest BCUT2D eigenvalue weighted by atomic mass is 10.1. The Labute approximate surface area is 143 Å². The van der Waals surface area contributed by atoms with Gasteiger partial charge in [0.2, 0.25) is 0 Å². The summed E-state index contributed by atoms with van der Waals surface area (Å²) in [5.41, 5.74) is 2.27. The van der Waals surface area contributed by atoms with Gasteiger partial charge in [0.15, 0.2) is 5.78 Å². The Kier molecular flexibility index (Phi) is 5.04. The highest BCUT2D eigenvalue weighted by Crippen LogP contribution is 2.16. The molecular formula is C20H15F2NO2. The Morgan fingerprint density at radius 2 is 1.60 bits per heavy atom. The summed E-state index contributed by atoms with van der Waals surface area (Å²) in [6.45, 7) is -2.85. The van der Waals surface area contributed by atoms with Gasteiger partial charge >= 0.3 is 6.61 Å². The molecule has 0 atom stereocenters. The van der Waals surface area contributed by atoms with Crippen LogP contribution in [-0.2, 0) is 0 Å². The van der Waals surface area contributed by atoms with E-state index in [2.05, 4.69) is 4.74 Å². The van der Waals surface area contributed by atoms with Gasteiger partial charge in [-0.25, -0.2) is 0 Å². The molecule has 0 spiro atoms. The van der Waals surface area contributed by atoms with Crippen LogP contribution < -0.4 is 4.74 Å². The standard InChI is InChI=1S/C20H15F2NO2/c21-20(22)25-18-10-3-15(4-11-18)5-12-19(24)16-6-8-17(9-7-16)23-13-1-2-14-23/h1-14,20H/b12-5+. The molecule has 0 N–H and O–H groups in total. The highest BCUT2D eigenvalue weighted by Gasteiger charge is 2.04. The van der Waals surface area contributed by atoms with Crippen LogP contribution in [0.15, 0.2) is 79.1 Å². The molecule has 0 saturated heterocycles. The molecule has 25 heavy (non-hydrogen) atoms. The average molecular weight is 339 g/mol. The maximum atomic E-state index is 12.2. The van der Waals surface area contributed by atoms with Gasteiger partial charge in [-0.1, -0.05) is 18.2 Å². The molecule has 1 heterocycles. The molecule has 0 radical (unpaired) electrons. The molecule has 0 aliphatic carbocycles. The van der Waals surface area contributed by atoms with E-state index in [1.54, 1.807) is 30.3 Å². The fourth-order valence-electron chi connectivity index (χ4n) is 2.33. The van der Waals surface area contributed by atoms with Gasteiger partial charge in [-0.15, -0.1) is 0 Å². The largest absolute Gasteiger partial charge is 0.435 e. The van der Waals surface area contributed by atoms with E-state index < -0.39 is 6.61 Å². The number of carbonyl (C=O) groups is 1. The minimum atomic E-state index is -2.85. The highest BCUT2D eigenvalue weighted by atomic mass is 19.3. The van der Waals surface area contributed by atoms with Crippen molar-refractivity contribution in [3.05, 3.63) is 90.3 Å². The third-order valence-corrected chi connectivity index (χ3v) is 3.59. The monoisotopic (exact) mass is 339 g/mol. The second-order valence-electron chi connectivity index (χ2n) is 5.28. The molecule has 0 unspecified atom stereocenters. The van der Waals surface area contributed by atoms with E-state index in [0.717, 1.165) is 11.3 Å². The summed E-state index contributed by atoms with van der Waals surface area (Å²) < 4.78 is 30.4. The molecule has 126 valence electrons. The molecule has 0 saturated carbocycles. The lowest BCUT2D eigenvalue weighted by molar-refractivity contribution is -0.0498. The van der Waals surface area contributed by atoms with Gasteiger partial charge in [-0.3, -0.25) is 4.79 Å². The van der Waals surface area contributed by atoms with E-state index in [4.69, 9.17) is 0 Å². The van der Waals surface area contributed by atoms with Crippen LogP contribution in [0.5, 0.6) is 5.75 Å². The van der Waals surface area contributed by atoms with Crippen LogP contribution in [0, 0.1) is 0 Å². The number of halogens is 2. The topological polar surface area (TPSA) is 31.2 Å². The molecule has 0 bridgehead atoms. The third kappa shape index (κ3) is 4.41. The van der Waals surface area contributed by atoms with Crippen molar-refractivity contribution in [2.45, 2.75) is 6.61 Å². The van der Waals surface area contributed by atoms with E-state index >= 15 is 0 Å². The van der Waals surface area contributed by atoms with Crippen molar-refractivity contribution in [1.82, 2.24) is 4.57 Å². The average Bonchev–Trinajstić information content (AvgIpc) is 3.15. The first-order chi connectivity index (χ1) is 12.1. The molecule has 2 aromatic carbocycles. The minimum absolute atomic E-state index is 0.0825. The lowest BCUT2D eigenvalue weighted by Crippen LogP contribution is -2.01. The van der Waals surface area contributed by atoms with Crippen LogP contribution in [0.2, 0.25) is 0 Å². The number of ether oxygens (including phenoxy) is 1. The summed E-state index contributed by atoms with van der Waals surface area (Å²) in [5.74, 6) is -0.0500. The molecule has 3 aromatic rings. The molecular weight excluding hydrogens is 324 g/mol. The summed E-state index contributed by atoms with van der Waals surface area (Å²) in [4.78, 5) is 12.2. The number of alkyl halides is 2. The maximum Gasteiger partial charge on any atom is 0.387 e. The number of aromatic nitrogens is 1. The first-order valence-corrected chi connectivity index (χ1v) is 7.62. The Morgan fingerprint density at radius 1 is 0.960 bits per heavy atom. The number of rotatable bonds is 6. The van der Waals surface area contributed by atoms with Crippen molar-refractivity contribution >= 4 is 11.9 Å². The second kappa shape index (κ2) is 7.57. The molecule has 0 aliphatic rings. The zero-order valence-electron chi connectivity index (χ0n) is 13.2. The fraction of sp³-hybridized carbons (Fsp3) is 0.0500. The van der Waals surface area contributed by atoms with Crippen molar-refractivity contribution in [2.24, 2.45) is 0 Å². The van der Waals surface area contributed by atoms with E-state index in [0.29, 0.717) is 5.56 Å². The summed E-state index contributed by atoms with van der Waals surface area (Å²) in [6.07, 6.45) is 6.94. The smallest absolute Gasteiger partial charge is 0.387 e. The summed E-state index contributed by atoms with van der Waals surface area (Å²) >= 11 is 0. The number of nitrogens with zero attached hydrogens (tertiary/aromatic N) is 1. The van der Waals surface area contributed by atoms with Crippen LogP contribution in [-0.4, -0.2) is 17.0 Å². The lowest BCUT2D eigenvalue weighted by Gasteiger charge is -2.04.